The zero-order valence-electron chi connectivity index (χ0n) is 7.62. The number of thioether (sulfide) groups is 1. The molecule has 6 heteroatoms. The van der Waals surface area contributed by atoms with E-state index in [1.54, 1.807) is 11.8 Å². The first kappa shape index (κ1) is 9.39. The Morgan fingerprint density at radius 1 is 1.79 bits per heavy atom. The molecule has 0 aliphatic carbocycles. The third-order valence-corrected chi connectivity index (χ3v) is 3.52. The van der Waals surface area contributed by atoms with Crippen molar-refractivity contribution in [3.8, 4) is 0 Å². The lowest BCUT2D eigenvalue weighted by Gasteiger charge is -2.08. The smallest absolute Gasteiger partial charge is 0.238 e. The van der Waals surface area contributed by atoms with E-state index < -0.39 is 0 Å². The van der Waals surface area contributed by atoms with E-state index in [2.05, 4.69) is 15.5 Å². The second-order valence-corrected chi connectivity index (χ2v) is 4.50. The standard InChI is InChI=1S/C8H12N4OS/c9-5-4-10-12-7(5)11-8(13)6-2-1-3-14-6/h4,6H,1-3,9H2,(H2,10,11,12,13). The molecule has 1 atom stereocenters. The Morgan fingerprint density at radius 2 is 2.64 bits per heavy atom. The van der Waals surface area contributed by atoms with Crippen molar-refractivity contribution in [3.05, 3.63) is 6.20 Å². The Balaban J connectivity index is 1.97. The topological polar surface area (TPSA) is 83.8 Å². The van der Waals surface area contributed by atoms with Gasteiger partial charge in [0.25, 0.3) is 0 Å². The predicted octanol–water partition coefficient (Wildman–Crippen LogP) is 0.826. The van der Waals surface area contributed by atoms with Crippen molar-refractivity contribution in [3.63, 3.8) is 0 Å². The molecule has 1 aromatic rings. The van der Waals surface area contributed by atoms with Crippen LogP contribution in [-0.2, 0) is 4.79 Å². The number of aromatic amines is 1. The number of nitrogens with one attached hydrogen (secondary N) is 2. The van der Waals surface area contributed by atoms with Crippen LogP contribution in [0.3, 0.4) is 0 Å². The summed E-state index contributed by atoms with van der Waals surface area (Å²) < 4.78 is 0. The molecule has 0 spiro atoms. The fraction of sp³-hybridized carbons (Fsp3) is 0.500. The van der Waals surface area contributed by atoms with Gasteiger partial charge in [-0.25, -0.2) is 0 Å². The van der Waals surface area contributed by atoms with Gasteiger partial charge in [-0.3, -0.25) is 9.89 Å². The van der Waals surface area contributed by atoms with E-state index >= 15 is 0 Å². The molecule has 2 heterocycles. The third kappa shape index (κ3) is 1.84. The highest BCUT2D eigenvalue weighted by molar-refractivity contribution is 8.00. The quantitative estimate of drug-likeness (QED) is 0.678. The lowest BCUT2D eigenvalue weighted by Crippen LogP contribution is -2.23. The molecule has 1 fully saturated rings. The molecule has 4 N–H and O–H groups in total. The molecule has 2 rings (SSSR count). The van der Waals surface area contributed by atoms with Crippen molar-refractivity contribution in [2.75, 3.05) is 16.8 Å². The molecule has 0 radical (unpaired) electrons. The van der Waals surface area contributed by atoms with Crippen molar-refractivity contribution in [2.45, 2.75) is 18.1 Å². The SMILES string of the molecule is Nc1cn[nH]c1NC(=O)C1CCCS1. The van der Waals surface area contributed by atoms with Crippen molar-refractivity contribution >= 4 is 29.2 Å². The number of nitrogens with zero attached hydrogens (tertiary/aromatic N) is 1. The van der Waals surface area contributed by atoms with Gasteiger partial charge in [-0.2, -0.15) is 5.10 Å². The number of hydrogen-bond acceptors (Lipinski definition) is 4. The number of anilines is 2. The zero-order valence-corrected chi connectivity index (χ0v) is 8.43. The molecule has 0 saturated carbocycles. The highest BCUT2D eigenvalue weighted by atomic mass is 32.2. The second kappa shape index (κ2) is 3.91. The first-order chi connectivity index (χ1) is 6.77. The normalized spacial score (nSPS) is 21.0. The molecular formula is C8H12N4OS. The Labute approximate surface area is 85.8 Å². The number of nitrogens with two attached hydrogens (primary N) is 1. The van der Waals surface area contributed by atoms with Crippen LogP contribution >= 0.6 is 11.8 Å². The summed E-state index contributed by atoms with van der Waals surface area (Å²) in [6, 6.07) is 0. The molecular weight excluding hydrogens is 200 g/mol. The van der Waals surface area contributed by atoms with Gasteiger partial charge in [0.15, 0.2) is 5.82 Å². The molecule has 1 amide bonds. The van der Waals surface area contributed by atoms with Crippen LogP contribution in [0.15, 0.2) is 6.20 Å². The Morgan fingerprint density at radius 3 is 3.21 bits per heavy atom. The Kier molecular flexibility index (Phi) is 2.62. The highest BCUT2D eigenvalue weighted by Gasteiger charge is 2.23. The fourth-order valence-corrected chi connectivity index (χ4v) is 2.55. The molecule has 76 valence electrons. The van der Waals surface area contributed by atoms with Gasteiger partial charge in [-0.1, -0.05) is 0 Å². The Bertz CT molecular complexity index is 332. The summed E-state index contributed by atoms with van der Waals surface area (Å²) >= 11 is 1.69. The van der Waals surface area contributed by atoms with Gasteiger partial charge < -0.3 is 11.1 Å². The van der Waals surface area contributed by atoms with Crippen molar-refractivity contribution in [1.82, 2.24) is 10.2 Å². The average molecular weight is 212 g/mol. The lowest BCUT2D eigenvalue weighted by atomic mass is 10.2. The molecule has 14 heavy (non-hydrogen) atoms. The first-order valence-corrected chi connectivity index (χ1v) is 5.53. The second-order valence-electron chi connectivity index (χ2n) is 3.19. The fourth-order valence-electron chi connectivity index (χ4n) is 1.38. The number of aromatic nitrogens is 2. The number of H-pyrrole nitrogens is 1. The monoisotopic (exact) mass is 212 g/mol. The van der Waals surface area contributed by atoms with E-state index in [-0.39, 0.29) is 11.2 Å². The zero-order chi connectivity index (χ0) is 9.97. The first-order valence-electron chi connectivity index (χ1n) is 4.48. The van der Waals surface area contributed by atoms with Crippen LogP contribution in [0.1, 0.15) is 12.8 Å². The van der Waals surface area contributed by atoms with Crippen LogP contribution in [0.5, 0.6) is 0 Å². The van der Waals surface area contributed by atoms with Gasteiger partial charge in [0, 0.05) is 0 Å². The third-order valence-electron chi connectivity index (χ3n) is 2.14. The minimum absolute atomic E-state index is 0.0171. The van der Waals surface area contributed by atoms with Gasteiger partial charge in [0.1, 0.15) is 0 Å². The largest absolute Gasteiger partial charge is 0.394 e. The maximum Gasteiger partial charge on any atom is 0.238 e. The van der Waals surface area contributed by atoms with E-state index in [1.807, 2.05) is 0 Å². The maximum atomic E-state index is 11.6. The summed E-state index contributed by atoms with van der Waals surface area (Å²) in [5.41, 5.74) is 6.05. The van der Waals surface area contributed by atoms with Gasteiger partial charge in [-0.15, -0.1) is 11.8 Å². The van der Waals surface area contributed by atoms with Crippen molar-refractivity contribution in [1.29, 1.82) is 0 Å². The summed E-state index contributed by atoms with van der Waals surface area (Å²) in [7, 11) is 0. The van der Waals surface area contributed by atoms with E-state index in [0.717, 1.165) is 18.6 Å². The number of rotatable bonds is 2. The van der Waals surface area contributed by atoms with Crippen molar-refractivity contribution < 1.29 is 4.79 Å². The van der Waals surface area contributed by atoms with Gasteiger partial charge >= 0.3 is 0 Å². The summed E-state index contributed by atoms with van der Waals surface area (Å²) in [6.07, 6.45) is 3.54. The van der Waals surface area contributed by atoms with Crippen LogP contribution in [0, 0.1) is 0 Å². The van der Waals surface area contributed by atoms with E-state index in [1.165, 1.54) is 6.20 Å². The molecule has 0 aromatic carbocycles. The molecule has 1 aliphatic heterocycles. The van der Waals surface area contributed by atoms with E-state index in [9.17, 15) is 4.79 Å². The average Bonchev–Trinajstić information content (AvgIpc) is 2.77. The predicted molar refractivity (Wildman–Crippen MR) is 57.1 cm³/mol. The molecule has 1 saturated heterocycles. The number of carbonyl (C=O) groups is 1. The van der Waals surface area contributed by atoms with Crippen LogP contribution < -0.4 is 11.1 Å². The summed E-state index contributed by atoms with van der Waals surface area (Å²) in [5, 5.41) is 9.17. The lowest BCUT2D eigenvalue weighted by molar-refractivity contribution is -0.115. The van der Waals surface area contributed by atoms with Gasteiger partial charge in [0.2, 0.25) is 5.91 Å². The molecule has 1 unspecified atom stereocenters. The van der Waals surface area contributed by atoms with Gasteiger partial charge in [0.05, 0.1) is 17.1 Å². The molecule has 1 aliphatic rings. The minimum atomic E-state index is 0.0171. The van der Waals surface area contributed by atoms with E-state index in [4.69, 9.17) is 5.73 Å². The molecule has 1 aromatic heterocycles. The van der Waals surface area contributed by atoms with Crippen molar-refractivity contribution in [2.24, 2.45) is 0 Å². The minimum Gasteiger partial charge on any atom is -0.394 e. The van der Waals surface area contributed by atoms with E-state index in [0.29, 0.717) is 11.5 Å². The van der Waals surface area contributed by atoms with Crippen LogP contribution in [0.25, 0.3) is 0 Å². The molecule has 5 nitrogen and oxygen atoms in total. The highest BCUT2D eigenvalue weighted by Crippen LogP contribution is 2.27. The number of carbonyl (C=O) groups excluding carboxylic acids is 1. The summed E-state index contributed by atoms with van der Waals surface area (Å²) in [6.45, 7) is 0. The van der Waals surface area contributed by atoms with Crippen LogP contribution in [0.2, 0.25) is 0 Å². The summed E-state index contributed by atoms with van der Waals surface area (Å²) in [5.74, 6) is 1.59. The summed E-state index contributed by atoms with van der Waals surface area (Å²) in [4.78, 5) is 11.6. The number of amides is 1. The van der Waals surface area contributed by atoms with Crippen LogP contribution in [-0.4, -0.2) is 27.1 Å². The van der Waals surface area contributed by atoms with Crippen LogP contribution in [0.4, 0.5) is 11.5 Å². The maximum absolute atomic E-state index is 11.6. The Hall–Kier alpha value is -1.17. The number of nitrogen functional groups attached to an aromatic ring is 1. The molecule has 0 bridgehead atoms. The number of hydrogen-bond donors (Lipinski definition) is 3. The van der Waals surface area contributed by atoms with Gasteiger partial charge in [-0.05, 0) is 18.6 Å².